The van der Waals surface area contributed by atoms with Crippen LogP contribution in [-0.4, -0.2) is 18.1 Å². The molecule has 0 aliphatic heterocycles. The molecule has 20 heavy (non-hydrogen) atoms. The normalized spacial score (nSPS) is 11.9. The number of fused-ring (bicyclic) bond motifs is 1. The molecule has 0 saturated heterocycles. The van der Waals surface area contributed by atoms with E-state index in [-0.39, 0.29) is 17.1 Å². The van der Waals surface area contributed by atoms with Gasteiger partial charge in [-0.15, -0.1) is 0 Å². The Hall–Kier alpha value is -2.04. The van der Waals surface area contributed by atoms with Gasteiger partial charge in [-0.3, -0.25) is 4.79 Å². The van der Waals surface area contributed by atoms with Crippen LogP contribution in [0, 0.1) is 0 Å². The van der Waals surface area contributed by atoms with E-state index in [4.69, 9.17) is 4.74 Å². The van der Waals surface area contributed by atoms with Crippen molar-refractivity contribution in [3.63, 3.8) is 0 Å². The fraction of sp³-hybridized carbons (Fsp3) is 0.267. The molecule has 0 saturated carbocycles. The third kappa shape index (κ3) is 2.76. The van der Waals surface area contributed by atoms with Gasteiger partial charge >= 0.3 is 6.18 Å². The number of hydrogen-bond acceptors (Lipinski definition) is 2. The lowest BCUT2D eigenvalue weighted by molar-refractivity contribution is -0.0884. The van der Waals surface area contributed by atoms with Crippen LogP contribution < -0.4 is 4.74 Å². The molecular weight excluding hydrogens is 269 g/mol. The van der Waals surface area contributed by atoms with Crippen LogP contribution in [0.15, 0.2) is 36.4 Å². The Kier molecular flexibility index (Phi) is 3.70. The van der Waals surface area contributed by atoms with E-state index in [2.05, 4.69) is 0 Å². The summed E-state index contributed by atoms with van der Waals surface area (Å²) in [5.74, 6) is -1.38. The molecule has 0 fully saturated rings. The first-order valence-corrected chi connectivity index (χ1v) is 6.10. The summed E-state index contributed by atoms with van der Waals surface area (Å²) >= 11 is 0. The smallest absolute Gasteiger partial charge is 0.454 e. The van der Waals surface area contributed by atoms with Crippen LogP contribution in [0.25, 0.3) is 10.8 Å². The highest BCUT2D eigenvalue weighted by atomic mass is 19.4. The maximum atomic E-state index is 12.6. The topological polar surface area (TPSA) is 26.3 Å². The van der Waals surface area contributed by atoms with Crippen LogP contribution >= 0.6 is 0 Å². The van der Waals surface area contributed by atoms with E-state index >= 15 is 0 Å². The largest absolute Gasteiger partial charge is 0.490 e. The van der Waals surface area contributed by atoms with E-state index in [1.165, 1.54) is 12.1 Å². The zero-order valence-electron chi connectivity index (χ0n) is 11.0. The molecule has 2 aromatic carbocycles. The lowest BCUT2D eigenvalue weighted by Crippen LogP contribution is -2.23. The lowest BCUT2D eigenvalue weighted by atomic mass is 10.0. The van der Waals surface area contributed by atoms with Crippen LogP contribution in [0.5, 0.6) is 5.75 Å². The average Bonchev–Trinajstić information content (AvgIpc) is 2.37. The van der Waals surface area contributed by atoms with E-state index in [1.807, 2.05) is 13.8 Å². The van der Waals surface area contributed by atoms with Gasteiger partial charge in [0, 0.05) is 10.9 Å². The van der Waals surface area contributed by atoms with E-state index in [9.17, 15) is 18.0 Å². The summed E-state index contributed by atoms with van der Waals surface area (Å²) in [6.45, 7) is 3.65. The Labute approximate surface area is 114 Å². The highest BCUT2D eigenvalue weighted by Crippen LogP contribution is 2.32. The summed E-state index contributed by atoms with van der Waals surface area (Å²) in [6, 6.07) is 8.98. The predicted octanol–water partition coefficient (Wildman–Crippen LogP) is 4.37. The number of Topliss-reactive ketones (excluding diaryl/α,β-unsaturated/α-hetero) is 1. The minimum atomic E-state index is -4.89. The quantitative estimate of drug-likeness (QED) is 0.781. The number of benzene rings is 2. The van der Waals surface area contributed by atoms with Crippen molar-refractivity contribution in [3.8, 4) is 5.75 Å². The summed E-state index contributed by atoms with van der Waals surface area (Å²) in [5.41, 5.74) is -0.357. The van der Waals surface area contributed by atoms with Gasteiger partial charge in [-0.1, -0.05) is 24.3 Å². The van der Waals surface area contributed by atoms with Crippen molar-refractivity contribution in [2.45, 2.75) is 26.1 Å². The van der Waals surface area contributed by atoms with Gasteiger partial charge in [0.05, 0.1) is 6.10 Å². The van der Waals surface area contributed by atoms with Gasteiger partial charge in [0.25, 0.3) is 5.78 Å². The Balaban J connectivity index is 2.63. The molecule has 2 aromatic rings. The van der Waals surface area contributed by atoms with Gasteiger partial charge in [0.15, 0.2) is 0 Å². The number of rotatable bonds is 3. The van der Waals surface area contributed by atoms with Crippen molar-refractivity contribution in [1.29, 1.82) is 0 Å². The molecule has 106 valence electrons. The third-order valence-electron chi connectivity index (χ3n) is 2.75. The molecular formula is C15H13F3O2. The zero-order valence-corrected chi connectivity index (χ0v) is 11.0. The molecule has 0 radical (unpaired) electrons. The summed E-state index contributed by atoms with van der Waals surface area (Å²) in [4.78, 5) is 11.4. The van der Waals surface area contributed by atoms with Crippen molar-refractivity contribution in [1.82, 2.24) is 0 Å². The number of hydrogen-bond donors (Lipinski definition) is 0. The van der Waals surface area contributed by atoms with E-state index < -0.39 is 12.0 Å². The van der Waals surface area contributed by atoms with Gasteiger partial charge in [0.2, 0.25) is 0 Å². The number of halogens is 3. The van der Waals surface area contributed by atoms with Gasteiger partial charge in [-0.25, -0.2) is 0 Å². The maximum Gasteiger partial charge on any atom is 0.454 e. The fourth-order valence-electron chi connectivity index (χ4n) is 1.98. The summed E-state index contributed by atoms with van der Waals surface area (Å²) in [5, 5.41) is 0.740. The highest BCUT2D eigenvalue weighted by Gasteiger charge is 2.40. The fourth-order valence-corrected chi connectivity index (χ4v) is 1.98. The number of carbonyl (C=O) groups excluding carboxylic acids is 1. The molecule has 0 aliphatic carbocycles. The maximum absolute atomic E-state index is 12.6. The van der Waals surface area contributed by atoms with Crippen LogP contribution in [0.2, 0.25) is 0 Å². The Morgan fingerprint density at radius 2 is 1.65 bits per heavy atom. The van der Waals surface area contributed by atoms with Crippen LogP contribution in [0.3, 0.4) is 0 Å². The summed E-state index contributed by atoms with van der Waals surface area (Å²) < 4.78 is 43.3. The van der Waals surface area contributed by atoms with Gasteiger partial charge < -0.3 is 4.74 Å². The molecule has 0 spiro atoms. The summed E-state index contributed by atoms with van der Waals surface area (Å²) in [7, 11) is 0. The second-order valence-electron chi connectivity index (χ2n) is 4.65. The van der Waals surface area contributed by atoms with Gasteiger partial charge in [-0.2, -0.15) is 13.2 Å². The van der Waals surface area contributed by atoms with Crippen molar-refractivity contribution >= 4 is 16.6 Å². The van der Waals surface area contributed by atoms with E-state index in [0.717, 1.165) is 6.07 Å². The van der Waals surface area contributed by atoms with Crippen molar-refractivity contribution in [2.24, 2.45) is 0 Å². The van der Waals surface area contributed by atoms with Gasteiger partial charge in [0.1, 0.15) is 5.75 Å². The van der Waals surface area contributed by atoms with Gasteiger partial charge in [-0.05, 0) is 31.4 Å². The third-order valence-corrected chi connectivity index (χ3v) is 2.75. The molecule has 2 nitrogen and oxygen atoms in total. The summed E-state index contributed by atoms with van der Waals surface area (Å²) in [6.07, 6.45) is -4.99. The first-order valence-electron chi connectivity index (χ1n) is 6.10. The molecule has 0 bridgehead atoms. The van der Waals surface area contributed by atoms with Crippen LogP contribution in [-0.2, 0) is 0 Å². The molecule has 0 aromatic heterocycles. The van der Waals surface area contributed by atoms with Crippen molar-refractivity contribution in [3.05, 3.63) is 42.0 Å². The number of ether oxygens (including phenoxy) is 1. The molecule has 5 heteroatoms. The van der Waals surface area contributed by atoms with E-state index in [0.29, 0.717) is 11.1 Å². The monoisotopic (exact) mass is 282 g/mol. The Morgan fingerprint density at radius 1 is 1.05 bits per heavy atom. The second kappa shape index (κ2) is 5.15. The van der Waals surface area contributed by atoms with Crippen molar-refractivity contribution < 1.29 is 22.7 Å². The van der Waals surface area contributed by atoms with Crippen LogP contribution in [0.1, 0.15) is 24.2 Å². The molecule has 0 unspecified atom stereocenters. The van der Waals surface area contributed by atoms with E-state index in [1.54, 1.807) is 18.2 Å². The number of ketones is 1. The average molecular weight is 282 g/mol. The SMILES string of the molecule is CC(C)Oc1ccc(C(=O)C(F)(F)F)c2ccccc12. The van der Waals surface area contributed by atoms with Crippen LogP contribution in [0.4, 0.5) is 13.2 Å². The van der Waals surface area contributed by atoms with Crippen molar-refractivity contribution in [2.75, 3.05) is 0 Å². The minimum absolute atomic E-state index is 0.109. The molecule has 0 N–H and O–H groups in total. The predicted molar refractivity (Wildman–Crippen MR) is 70.1 cm³/mol. The molecule has 0 aliphatic rings. The first-order chi connectivity index (χ1) is 9.30. The Morgan fingerprint density at radius 3 is 2.20 bits per heavy atom. The molecule has 0 atom stereocenters. The number of carbonyl (C=O) groups is 1. The first kappa shape index (κ1) is 14.4. The highest BCUT2D eigenvalue weighted by molar-refractivity contribution is 6.11. The lowest BCUT2D eigenvalue weighted by Gasteiger charge is -2.15. The second-order valence-corrected chi connectivity index (χ2v) is 4.65. The minimum Gasteiger partial charge on any atom is -0.490 e. The molecule has 0 amide bonds. The Bertz CT molecular complexity index is 645. The molecule has 0 heterocycles. The standard InChI is InChI=1S/C15H13F3O2/c1-9(2)20-13-8-7-12(14(19)15(16,17)18)10-5-3-4-6-11(10)13/h3-9H,1-2H3. The zero-order chi connectivity index (χ0) is 14.9. The molecule has 2 rings (SSSR count). The number of alkyl halides is 3.